The lowest BCUT2D eigenvalue weighted by Gasteiger charge is -2.32. The van der Waals surface area contributed by atoms with Crippen LogP contribution in [0.15, 0.2) is 18.5 Å². The number of fused-ring (bicyclic) bond motifs is 2. The summed E-state index contributed by atoms with van der Waals surface area (Å²) in [6.07, 6.45) is 9.91. The number of methoxy groups -OCH3 is 1. The van der Waals surface area contributed by atoms with Crippen LogP contribution in [0.3, 0.4) is 0 Å². The van der Waals surface area contributed by atoms with E-state index in [1.165, 1.54) is 18.4 Å². The summed E-state index contributed by atoms with van der Waals surface area (Å²) in [5, 5.41) is 13.3. The highest BCUT2D eigenvalue weighted by Crippen LogP contribution is 2.66. The minimum Gasteiger partial charge on any atom is -0.496 e. The highest BCUT2D eigenvalue weighted by Gasteiger charge is 2.68. The Labute approximate surface area is 221 Å². The SMILES string of the molecule is CNC12CC1C2.COc1ccnc2[nH]cc(C3CCN(c4nc(C=O)nc(OCC5CC5C#N)n4)CC3)c12. The number of anilines is 1. The van der Waals surface area contributed by atoms with Gasteiger partial charge in [0.15, 0.2) is 6.29 Å². The number of aldehydes is 1. The van der Waals surface area contributed by atoms with Gasteiger partial charge < -0.3 is 24.7 Å². The number of carbonyl (C=O) groups is 1. The average Bonchev–Trinajstić information content (AvgIpc) is 3.90. The molecule has 0 aromatic carbocycles. The van der Waals surface area contributed by atoms with Crippen molar-refractivity contribution in [1.82, 2.24) is 30.2 Å². The maximum absolute atomic E-state index is 11.3. The Balaban J connectivity index is 0.000000382. The van der Waals surface area contributed by atoms with Crippen molar-refractivity contribution in [1.29, 1.82) is 5.26 Å². The van der Waals surface area contributed by atoms with Crippen LogP contribution in [0.25, 0.3) is 11.0 Å². The molecule has 38 heavy (non-hydrogen) atoms. The molecule has 2 unspecified atom stereocenters. The average molecular weight is 517 g/mol. The lowest BCUT2D eigenvalue weighted by Crippen LogP contribution is -2.34. The molecule has 3 aromatic rings. The second kappa shape index (κ2) is 9.83. The van der Waals surface area contributed by atoms with Gasteiger partial charge in [-0.3, -0.25) is 4.79 Å². The number of nitrogens with zero attached hydrogens (tertiary/aromatic N) is 6. The first-order chi connectivity index (χ1) is 18.6. The van der Waals surface area contributed by atoms with E-state index in [1.54, 1.807) is 13.3 Å². The molecule has 0 radical (unpaired) electrons. The fraction of sp³-hybridized carbons (Fsp3) is 0.556. The Bertz CT molecular complexity index is 1370. The minimum absolute atomic E-state index is 0.0409. The molecule has 0 spiro atoms. The normalized spacial score (nSPS) is 27.0. The first-order valence-corrected chi connectivity index (χ1v) is 13.2. The summed E-state index contributed by atoms with van der Waals surface area (Å²) in [4.78, 5) is 33.8. The molecule has 7 rings (SSSR count). The summed E-state index contributed by atoms with van der Waals surface area (Å²) >= 11 is 0. The second-order valence-electron chi connectivity index (χ2n) is 10.7. The van der Waals surface area contributed by atoms with Crippen LogP contribution in [0.1, 0.15) is 54.2 Å². The zero-order valence-electron chi connectivity index (χ0n) is 21.7. The lowest BCUT2D eigenvalue weighted by atomic mass is 9.89. The van der Waals surface area contributed by atoms with Crippen molar-refractivity contribution in [3.63, 3.8) is 0 Å². The van der Waals surface area contributed by atoms with Crippen LogP contribution in [-0.2, 0) is 0 Å². The largest absolute Gasteiger partial charge is 0.496 e. The number of rotatable bonds is 8. The van der Waals surface area contributed by atoms with Gasteiger partial charge in [-0.1, -0.05) is 0 Å². The van der Waals surface area contributed by atoms with Gasteiger partial charge in [0, 0.05) is 36.9 Å². The Kier molecular flexibility index (Phi) is 6.35. The molecule has 11 heteroatoms. The van der Waals surface area contributed by atoms with Crippen molar-refractivity contribution >= 4 is 23.3 Å². The van der Waals surface area contributed by atoms with Gasteiger partial charge >= 0.3 is 6.01 Å². The van der Waals surface area contributed by atoms with Crippen molar-refractivity contribution in [2.45, 2.75) is 43.6 Å². The highest BCUT2D eigenvalue weighted by atomic mass is 16.5. The number of nitrogens with one attached hydrogen (secondary N) is 2. The summed E-state index contributed by atoms with van der Waals surface area (Å²) in [5.41, 5.74) is 2.74. The van der Waals surface area contributed by atoms with Gasteiger partial charge in [-0.15, -0.1) is 0 Å². The van der Waals surface area contributed by atoms with E-state index < -0.39 is 0 Å². The third kappa shape index (κ3) is 4.76. The number of aromatic amines is 1. The molecule has 1 saturated heterocycles. The van der Waals surface area contributed by atoms with Crippen LogP contribution in [0.4, 0.5) is 5.95 Å². The Morgan fingerprint density at radius 1 is 1.29 bits per heavy atom. The number of ether oxygens (including phenoxy) is 2. The summed E-state index contributed by atoms with van der Waals surface area (Å²) < 4.78 is 11.2. The van der Waals surface area contributed by atoms with E-state index in [2.05, 4.69) is 48.3 Å². The molecule has 2 N–H and O–H groups in total. The minimum atomic E-state index is 0.0409. The molecule has 4 fully saturated rings. The summed E-state index contributed by atoms with van der Waals surface area (Å²) in [7, 11) is 3.73. The maximum atomic E-state index is 11.3. The Hall–Kier alpha value is -3.78. The summed E-state index contributed by atoms with van der Waals surface area (Å²) in [6, 6.07) is 4.25. The van der Waals surface area contributed by atoms with E-state index in [4.69, 9.17) is 14.7 Å². The van der Waals surface area contributed by atoms with Crippen LogP contribution in [-0.4, -0.2) is 70.6 Å². The lowest BCUT2D eigenvalue weighted by molar-refractivity contribution is 0.111. The van der Waals surface area contributed by atoms with E-state index in [9.17, 15) is 4.79 Å². The molecule has 1 aliphatic heterocycles. The molecule has 4 aliphatic rings. The number of carbonyl (C=O) groups excluding carboxylic acids is 1. The van der Waals surface area contributed by atoms with Crippen molar-refractivity contribution in [3.05, 3.63) is 29.8 Å². The van der Waals surface area contributed by atoms with Crippen molar-refractivity contribution in [2.75, 3.05) is 38.8 Å². The fourth-order valence-corrected chi connectivity index (χ4v) is 5.43. The first-order valence-electron chi connectivity index (χ1n) is 13.2. The van der Waals surface area contributed by atoms with E-state index in [-0.39, 0.29) is 23.7 Å². The molecule has 0 amide bonds. The van der Waals surface area contributed by atoms with Crippen LogP contribution >= 0.6 is 0 Å². The highest BCUT2D eigenvalue weighted by molar-refractivity contribution is 5.86. The third-order valence-corrected chi connectivity index (χ3v) is 8.42. The predicted molar refractivity (Wildman–Crippen MR) is 139 cm³/mol. The topological polar surface area (TPSA) is 142 Å². The van der Waals surface area contributed by atoms with Crippen molar-refractivity contribution in [3.8, 4) is 17.8 Å². The van der Waals surface area contributed by atoms with E-state index in [0.717, 1.165) is 55.1 Å². The number of H-pyrrole nitrogens is 1. The number of hydrogen-bond donors (Lipinski definition) is 2. The van der Waals surface area contributed by atoms with Crippen LogP contribution in [0.2, 0.25) is 0 Å². The van der Waals surface area contributed by atoms with Gasteiger partial charge in [-0.25, -0.2) is 4.98 Å². The third-order valence-electron chi connectivity index (χ3n) is 8.42. The van der Waals surface area contributed by atoms with Gasteiger partial charge in [0.2, 0.25) is 11.8 Å². The van der Waals surface area contributed by atoms with Gasteiger partial charge in [0.1, 0.15) is 11.4 Å². The Morgan fingerprint density at radius 2 is 2.08 bits per heavy atom. The van der Waals surface area contributed by atoms with Crippen LogP contribution in [0.5, 0.6) is 11.8 Å². The number of piperidine rings is 1. The monoisotopic (exact) mass is 516 g/mol. The zero-order valence-corrected chi connectivity index (χ0v) is 21.7. The van der Waals surface area contributed by atoms with Gasteiger partial charge in [-0.05, 0) is 62.6 Å². The number of hydrogen-bond acceptors (Lipinski definition) is 10. The molecule has 3 aliphatic carbocycles. The van der Waals surface area contributed by atoms with Gasteiger partial charge in [0.25, 0.3) is 0 Å². The number of aromatic nitrogens is 5. The van der Waals surface area contributed by atoms with Gasteiger partial charge in [-0.2, -0.15) is 20.2 Å². The molecular weight excluding hydrogens is 484 g/mol. The molecular formula is C27H32N8O3. The first kappa shape index (κ1) is 24.6. The van der Waals surface area contributed by atoms with E-state index in [0.29, 0.717) is 30.3 Å². The van der Waals surface area contributed by atoms with Crippen LogP contribution in [0, 0.1) is 29.1 Å². The molecule has 198 valence electrons. The smallest absolute Gasteiger partial charge is 0.321 e. The molecule has 11 nitrogen and oxygen atoms in total. The van der Waals surface area contributed by atoms with Crippen molar-refractivity contribution in [2.24, 2.45) is 17.8 Å². The quantitative estimate of drug-likeness (QED) is 0.429. The zero-order chi connectivity index (χ0) is 26.3. The van der Waals surface area contributed by atoms with Crippen LogP contribution < -0.4 is 19.7 Å². The van der Waals surface area contributed by atoms with Gasteiger partial charge in [0.05, 0.1) is 31.1 Å². The molecule has 0 bridgehead atoms. The fourth-order valence-electron chi connectivity index (χ4n) is 5.43. The number of nitriles is 1. The van der Waals surface area contributed by atoms with E-state index in [1.807, 2.05) is 12.3 Å². The molecule has 3 saturated carbocycles. The second-order valence-corrected chi connectivity index (χ2v) is 10.7. The standard InChI is InChI=1S/C22H23N7O3.C5H9N/c1-31-17-2-5-24-20-19(17)16(10-25-20)13-3-6-29(7-4-13)21-26-18(11-30)27-22(28-21)32-12-15-8-14(15)9-23;1-6-5-2-4(5)3-5/h2,5,10-11,13-15H,3-4,6-8,12H2,1H3,(H,24,25);4,6H,2-3H2,1H3. The van der Waals surface area contributed by atoms with E-state index >= 15 is 0 Å². The summed E-state index contributed by atoms with van der Waals surface area (Å²) in [5.74, 6) is 3.00. The number of pyridine rings is 1. The Morgan fingerprint density at radius 3 is 2.68 bits per heavy atom. The maximum Gasteiger partial charge on any atom is 0.321 e. The predicted octanol–water partition coefficient (Wildman–Crippen LogP) is 2.86. The molecule has 2 atom stereocenters. The summed E-state index contributed by atoms with van der Waals surface area (Å²) in [6.45, 7) is 1.85. The molecule has 4 heterocycles. The molecule has 3 aromatic heterocycles. The van der Waals surface area contributed by atoms with Crippen molar-refractivity contribution < 1.29 is 14.3 Å².